The molecule has 1 fully saturated rings. The molecule has 0 unspecified atom stereocenters. The van der Waals surface area contributed by atoms with Crippen LogP contribution in [0.2, 0.25) is 0 Å². The molecular weight excluding hydrogens is 377 g/mol. The number of halogens is 1. The van der Waals surface area contributed by atoms with Gasteiger partial charge in [0.25, 0.3) is 0 Å². The summed E-state index contributed by atoms with van der Waals surface area (Å²) < 4.78 is 29.6. The van der Waals surface area contributed by atoms with E-state index in [9.17, 15) is 8.42 Å². The Morgan fingerprint density at radius 2 is 2.05 bits per heavy atom. The number of benzene rings is 1. The van der Waals surface area contributed by atoms with E-state index in [-0.39, 0.29) is 0 Å². The van der Waals surface area contributed by atoms with Gasteiger partial charge in [-0.25, -0.2) is 0 Å². The van der Waals surface area contributed by atoms with Gasteiger partial charge in [-0.15, -0.1) is 0 Å². The molecule has 106 valence electrons. The highest BCUT2D eigenvalue weighted by Gasteiger charge is 2.27. The van der Waals surface area contributed by atoms with Crippen LogP contribution in [0, 0.1) is 9.49 Å². The first-order valence-electron chi connectivity index (χ1n) is 6.25. The fourth-order valence-corrected chi connectivity index (χ4v) is 3.94. The zero-order valence-electron chi connectivity index (χ0n) is 10.5. The topological polar surface area (TPSA) is 75.4 Å². The lowest BCUT2D eigenvalue weighted by molar-refractivity contribution is 0.280. The predicted octanol–water partition coefficient (Wildman–Crippen LogP) is 1.62. The maximum absolute atomic E-state index is 12.2. The number of nitrogens with one attached hydrogen (secondary N) is 1. The van der Waals surface area contributed by atoms with E-state index in [0.717, 1.165) is 16.4 Å². The summed E-state index contributed by atoms with van der Waals surface area (Å²) in [6, 6.07) is 7.32. The molecule has 1 saturated heterocycles. The molecule has 0 bridgehead atoms. The fourth-order valence-electron chi connectivity index (χ4n) is 2.15. The van der Waals surface area contributed by atoms with Crippen LogP contribution in [-0.2, 0) is 10.2 Å². The van der Waals surface area contributed by atoms with Gasteiger partial charge in [0.2, 0.25) is 0 Å². The number of anilines is 1. The van der Waals surface area contributed by atoms with Crippen molar-refractivity contribution in [2.45, 2.75) is 12.8 Å². The smallest absolute Gasteiger partial charge is 0.301 e. The average Bonchev–Trinajstić information content (AvgIpc) is 2.38. The van der Waals surface area contributed by atoms with Crippen LogP contribution >= 0.6 is 22.6 Å². The summed E-state index contributed by atoms with van der Waals surface area (Å²) in [4.78, 5) is 0. The molecule has 1 aromatic rings. The quantitative estimate of drug-likeness (QED) is 0.761. The molecule has 1 aromatic carbocycles. The van der Waals surface area contributed by atoms with Crippen LogP contribution in [-0.4, -0.2) is 32.4 Å². The second-order valence-corrected chi connectivity index (χ2v) is 7.61. The maximum atomic E-state index is 12.2. The summed E-state index contributed by atoms with van der Waals surface area (Å²) in [5.41, 5.74) is 6.22. The summed E-state index contributed by atoms with van der Waals surface area (Å²) in [5.74, 6) is 0.448. The Bertz CT molecular complexity index is 528. The first-order chi connectivity index (χ1) is 9.01. The zero-order valence-corrected chi connectivity index (χ0v) is 13.5. The Hall–Kier alpha value is -0.380. The highest BCUT2D eigenvalue weighted by molar-refractivity contribution is 14.1. The van der Waals surface area contributed by atoms with Gasteiger partial charge in [-0.1, -0.05) is 6.07 Å². The van der Waals surface area contributed by atoms with Crippen molar-refractivity contribution in [1.82, 2.24) is 4.31 Å². The van der Waals surface area contributed by atoms with E-state index in [4.69, 9.17) is 5.73 Å². The molecule has 19 heavy (non-hydrogen) atoms. The molecular formula is C12H18IN3O2S. The van der Waals surface area contributed by atoms with Crippen LogP contribution < -0.4 is 10.5 Å². The monoisotopic (exact) mass is 395 g/mol. The molecule has 1 aliphatic heterocycles. The summed E-state index contributed by atoms with van der Waals surface area (Å²) in [7, 11) is -3.45. The summed E-state index contributed by atoms with van der Waals surface area (Å²) in [5, 5.41) is 0. The van der Waals surface area contributed by atoms with Crippen molar-refractivity contribution in [2.75, 3.05) is 24.4 Å². The highest BCUT2D eigenvalue weighted by Crippen LogP contribution is 2.20. The largest absolute Gasteiger partial charge is 0.330 e. The molecule has 0 atom stereocenters. The lowest BCUT2D eigenvalue weighted by Crippen LogP contribution is -2.42. The minimum absolute atomic E-state index is 0.448. The summed E-state index contributed by atoms with van der Waals surface area (Å²) in [6.07, 6.45) is 1.67. The Balaban J connectivity index is 2.03. The molecule has 0 saturated carbocycles. The van der Waals surface area contributed by atoms with Gasteiger partial charge < -0.3 is 5.73 Å². The van der Waals surface area contributed by atoms with Crippen molar-refractivity contribution >= 4 is 38.5 Å². The third-order valence-electron chi connectivity index (χ3n) is 3.32. The van der Waals surface area contributed by atoms with Gasteiger partial charge in [0, 0.05) is 16.7 Å². The molecule has 1 heterocycles. The van der Waals surface area contributed by atoms with Gasteiger partial charge in [-0.05, 0) is 66.1 Å². The Morgan fingerprint density at radius 3 is 2.63 bits per heavy atom. The van der Waals surface area contributed by atoms with Gasteiger partial charge in [-0.3, -0.25) is 4.72 Å². The highest BCUT2D eigenvalue weighted by atomic mass is 127. The molecule has 5 nitrogen and oxygen atoms in total. The van der Waals surface area contributed by atoms with E-state index in [0.29, 0.717) is 31.2 Å². The second kappa shape index (κ2) is 6.38. The summed E-state index contributed by atoms with van der Waals surface area (Å²) in [6.45, 7) is 1.72. The van der Waals surface area contributed by atoms with Crippen LogP contribution in [0.5, 0.6) is 0 Å². The fraction of sp³-hybridized carbons (Fsp3) is 0.500. The number of nitrogens with zero attached hydrogens (tertiary/aromatic N) is 1. The van der Waals surface area contributed by atoms with E-state index in [1.54, 1.807) is 6.07 Å². The molecule has 0 spiro atoms. The molecule has 1 aliphatic rings. The molecule has 0 aliphatic carbocycles. The minimum atomic E-state index is -3.45. The molecule has 0 aromatic heterocycles. The third kappa shape index (κ3) is 4.04. The van der Waals surface area contributed by atoms with Crippen molar-refractivity contribution < 1.29 is 8.42 Å². The van der Waals surface area contributed by atoms with Crippen LogP contribution in [0.3, 0.4) is 0 Å². The third-order valence-corrected chi connectivity index (χ3v) is 5.53. The predicted molar refractivity (Wildman–Crippen MR) is 85.1 cm³/mol. The van der Waals surface area contributed by atoms with E-state index in [1.165, 1.54) is 4.31 Å². The van der Waals surface area contributed by atoms with E-state index >= 15 is 0 Å². The Morgan fingerprint density at radius 1 is 1.37 bits per heavy atom. The lowest BCUT2D eigenvalue weighted by Gasteiger charge is -2.30. The van der Waals surface area contributed by atoms with Crippen LogP contribution in [0.4, 0.5) is 5.69 Å². The lowest BCUT2D eigenvalue weighted by atomic mass is 9.99. The molecule has 7 heteroatoms. The molecule has 0 amide bonds. The first-order valence-corrected chi connectivity index (χ1v) is 8.76. The standard InChI is InChI=1S/C12H18IN3O2S/c13-11-2-1-3-12(8-11)15-19(17,18)16-6-4-10(9-14)5-7-16/h1-3,8,10,15H,4-7,9,14H2. The number of hydrogen-bond acceptors (Lipinski definition) is 3. The van der Waals surface area contributed by atoms with E-state index in [2.05, 4.69) is 27.3 Å². The van der Waals surface area contributed by atoms with Crippen LogP contribution in [0.25, 0.3) is 0 Å². The Labute approximate surface area is 127 Å². The number of hydrogen-bond donors (Lipinski definition) is 2. The molecule has 0 radical (unpaired) electrons. The average molecular weight is 395 g/mol. The van der Waals surface area contributed by atoms with Gasteiger partial charge >= 0.3 is 10.2 Å². The van der Waals surface area contributed by atoms with Crippen molar-refractivity contribution in [3.05, 3.63) is 27.8 Å². The van der Waals surface area contributed by atoms with E-state index < -0.39 is 10.2 Å². The Kier molecular flexibility index (Phi) is 5.04. The van der Waals surface area contributed by atoms with Gasteiger partial charge in [0.05, 0.1) is 5.69 Å². The van der Waals surface area contributed by atoms with Crippen molar-refractivity contribution in [1.29, 1.82) is 0 Å². The van der Waals surface area contributed by atoms with Crippen LogP contribution in [0.15, 0.2) is 24.3 Å². The normalized spacial score (nSPS) is 18.4. The second-order valence-electron chi connectivity index (χ2n) is 4.70. The number of piperidine rings is 1. The first kappa shape index (κ1) is 15.0. The maximum Gasteiger partial charge on any atom is 0.301 e. The van der Waals surface area contributed by atoms with E-state index in [1.807, 2.05) is 18.2 Å². The van der Waals surface area contributed by atoms with Crippen LogP contribution in [0.1, 0.15) is 12.8 Å². The molecule has 3 N–H and O–H groups in total. The van der Waals surface area contributed by atoms with Crippen molar-refractivity contribution in [3.8, 4) is 0 Å². The SMILES string of the molecule is NCC1CCN(S(=O)(=O)Nc2cccc(I)c2)CC1. The van der Waals surface area contributed by atoms with Crippen molar-refractivity contribution in [3.63, 3.8) is 0 Å². The van der Waals surface area contributed by atoms with Gasteiger partial charge in [-0.2, -0.15) is 12.7 Å². The number of rotatable bonds is 4. The van der Waals surface area contributed by atoms with Gasteiger partial charge in [0.15, 0.2) is 0 Å². The number of nitrogens with two attached hydrogens (primary N) is 1. The summed E-state index contributed by atoms with van der Waals surface area (Å²) >= 11 is 2.16. The van der Waals surface area contributed by atoms with Gasteiger partial charge in [0.1, 0.15) is 0 Å². The molecule has 2 rings (SSSR count). The minimum Gasteiger partial charge on any atom is -0.330 e. The zero-order chi connectivity index (χ0) is 13.9. The van der Waals surface area contributed by atoms with Crippen molar-refractivity contribution in [2.24, 2.45) is 11.7 Å².